The molecule has 0 spiro atoms. The van der Waals surface area contributed by atoms with Crippen LogP contribution in [0.5, 0.6) is 0 Å². The standard InChI is InChI=1S/C10H16N2O2S/c1-10(2,11)8-15(13,14)7-9-5-3-4-6-12-9/h3-6H,7-8,11H2,1-2H3. The lowest BCUT2D eigenvalue weighted by molar-refractivity contribution is 0.543. The number of hydrogen-bond acceptors (Lipinski definition) is 4. The van der Waals surface area contributed by atoms with Crippen molar-refractivity contribution in [1.82, 2.24) is 4.98 Å². The van der Waals surface area contributed by atoms with E-state index in [2.05, 4.69) is 4.98 Å². The van der Waals surface area contributed by atoms with Gasteiger partial charge in [0.05, 0.1) is 17.2 Å². The summed E-state index contributed by atoms with van der Waals surface area (Å²) in [6.07, 6.45) is 1.58. The molecule has 0 saturated heterocycles. The molecule has 0 aliphatic heterocycles. The Bertz CT molecular complexity index is 407. The smallest absolute Gasteiger partial charge is 0.157 e. The lowest BCUT2D eigenvalue weighted by Gasteiger charge is -2.17. The van der Waals surface area contributed by atoms with Crippen LogP contribution in [0.25, 0.3) is 0 Å². The maximum atomic E-state index is 11.7. The summed E-state index contributed by atoms with van der Waals surface area (Å²) in [5, 5.41) is 0. The summed E-state index contributed by atoms with van der Waals surface area (Å²) >= 11 is 0. The Hall–Kier alpha value is -0.940. The van der Waals surface area contributed by atoms with E-state index in [-0.39, 0.29) is 11.5 Å². The fourth-order valence-electron chi connectivity index (χ4n) is 1.33. The van der Waals surface area contributed by atoms with Gasteiger partial charge in [0.25, 0.3) is 0 Å². The second kappa shape index (κ2) is 4.28. The first-order valence-electron chi connectivity index (χ1n) is 4.68. The van der Waals surface area contributed by atoms with Gasteiger partial charge in [0, 0.05) is 11.7 Å². The van der Waals surface area contributed by atoms with Crippen LogP contribution in [0.4, 0.5) is 0 Å². The fraction of sp³-hybridized carbons (Fsp3) is 0.500. The molecule has 84 valence electrons. The molecular formula is C10H16N2O2S. The van der Waals surface area contributed by atoms with Crippen LogP contribution in [0, 0.1) is 0 Å². The zero-order chi connectivity index (χ0) is 11.5. The number of nitrogens with zero attached hydrogens (tertiary/aromatic N) is 1. The molecule has 0 atom stereocenters. The van der Waals surface area contributed by atoms with Gasteiger partial charge in [-0.2, -0.15) is 0 Å². The summed E-state index contributed by atoms with van der Waals surface area (Å²) < 4.78 is 23.4. The summed E-state index contributed by atoms with van der Waals surface area (Å²) in [6, 6.07) is 5.22. The Balaban J connectivity index is 2.74. The average molecular weight is 228 g/mol. The van der Waals surface area contributed by atoms with Crippen LogP contribution >= 0.6 is 0 Å². The quantitative estimate of drug-likeness (QED) is 0.824. The number of pyridine rings is 1. The zero-order valence-corrected chi connectivity index (χ0v) is 9.79. The molecule has 5 heteroatoms. The highest BCUT2D eigenvalue weighted by molar-refractivity contribution is 7.90. The Kier molecular flexibility index (Phi) is 3.46. The van der Waals surface area contributed by atoms with E-state index < -0.39 is 15.4 Å². The zero-order valence-electron chi connectivity index (χ0n) is 8.97. The first-order valence-corrected chi connectivity index (χ1v) is 6.50. The molecule has 2 N–H and O–H groups in total. The van der Waals surface area contributed by atoms with E-state index in [1.807, 2.05) is 0 Å². The van der Waals surface area contributed by atoms with Gasteiger partial charge < -0.3 is 5.73 Å². The fourth-order valence-corrected chi connectivity index (χ4v) is 3.18. The molecule has 1 heterocycles. The average Bonchev–Trinajstić information content (AvgIpc) is 1.99. The van der Waals surface area contributed by atoms with E-state index >= 15 is 0 Å². The highest BCUT2D eigenvalue weighted by Crippen LogP contribution is 2.08. The molecule has 0 aromatic carbocycles. The molecule has 15 heavy (non-hydrogen) atoms. The summed E-state index contributed by atoms with van der Waals surface area (Å²) in [5.74, 6) is -0.0783. The van der Waals surface area contributed by atoms with Crippen molar-refractivity contribution >= 4 is 9.84 Å². The molecule has 0 unspecified atom stereocenters. The molecule has 0 amide bonds. The van der Waals surface area contributed by atoms with Gasteiger partial charge in [-0.1, -0.05) is 6.07 Å². The highest BCUT2D eigenvalue weighted by atomic mass is 32.2. The third-order valence-electron chi connectivity index (χ3n) is 1.69. The topological polar surface area (TPSA) is 73.1 Å². The summed E-state index contributed by atoms with van der Waals surface area (Å²) in [6.45, 7) is 3.39. The van der Waals surface area contributed by atoms with Crippen LogP contribution in [0.1, 0.15) is 19.5 Å². The molecule has 0 saturated carbocycles. The van der Waals surface area contributed by atoms with Crippen molar-refractivity contribution in [1.29, 1.82) is 0 Å². The van der Waals surface area contributed by atoms with Crippen molar-refractivity contribution in [3.05, 3.63) is 30.1 Å². The Morgan fingerprint density at radius 1 is 1.40 bits per heavy atom. The largest absolute Gasteiger partial charge is 0.325 e. The molecular weight excluding hydrogens is 212 g/mol. The van der Waals surface area contributed by atoms with Gasteiger partial charge in [-0.15, -0.1) is 0 Å². The Morgan fingerprint density at radius 3 is 2.53 bits per heavy atom. The molecule has 1 aromatic heterocycles. The summed E-state index contributed by atoms with van der Waals surface area (Å²) in [7, 11) is -3.18. The van der Waals surface area contributed by atoms with Crippen LogP contribution in [0.3, 0.4) is 0 Å². The molecule has 0 aliphatic rings. The number of hydrogen-bond donors (Lipinski definition) is 1. The monoisotopic (exact) mass is 228 g/mol. The predicted octanol–water partition coefficient (Wildman–Crippen LogP) is 0.734. The first-order chi connectivity index (χ1) is 6.79. The van der Waals surface area contributed by atoms with Gasteiger partial charge in [-0.25, -0.2) is 8.42 Å². The van der Waals surface area contributed by atoms with Crippen molar-refractivity contribution in [3.63, 3.8) is 0 Å². The minimum Gasteiger partial charge on any atom is -0.325 e. The third-order valence-corrected chi connectivity index (χ3v) is 3.61. The van der Waals surface area contributed by atoms with Gasteiger partial charge in [0.15, 0.2) is 9.84 Å². The van der Waals surface area contributed by atoms with Gasteiger partial charge in [-0.3, -0.25) is 4.98 Å². The molecule has 0 bridgehead atoms. The van der Waals surface area contributed by atoms with Gasteiger partial charge in [0.1, 0.15) is 0 Å². The van der Waals surface area contributed by atoms with Crippen LogP contribution in [-0.4, -0.2) is 24.7 Å². The molecule has 0 fully saturated rings. The van der Waals surface area contributed by atoms with Crippen molar-refractivity contribution in [2.75, 3.05) is 5.75 Å². The minimum atomic E-state index is -3.18. The number of aromatic nitrogens is 1. The van der Waals surface area contributed by atoms with Crippen molar-refractivity contribution in [3.8, 4) is 0 Å². The Morgan fingerprint density at radius 2 is 2.07 bits per heavy atom. The van der Waals surface area contributed by atoms with Crippen LogP contribution in [-0.2, 0) is 15.6 Å². The molecule has 1 aromatic rings. The second-order valence-electron chi connectivity index (χ2n) is 4.34. The SMILES string of the molecule is CC(C)(N)CS(=O)(=O)Cc1ccccn1. The maximum absolute atomic E-state index is 11.7. The third kappa shape index (κ3) is 4.90. The van der Waals surface area contributed by atoms with E-state index in [4.69, 9.17) is 5.73 Å². The number of sulfone groups is 1. The summed E-state index contributed by atoms with van der Waals surface area (Å²) in [5.41, 5.74) is 5.53. The normalized spacial score (nSPS) is 12.7. The van der Waals surface area contributed by atoms with Crippen molar-refractivity contribution in [2.45, 2.75) is 25.1 Å². The Labute approximate surface area is 90.4 Å². The van der Waals surface area contributed by atoms with Crippen LogP contribution in [0.15, 0.2) is 24.4 Å². The lowest BCUT2D eigenvalue weighted by Crippen LogP contribution is -2.40. The highest BCUT2D eigenvalue weighted by Gasteiger charge is 2.22. The summed E-state index contributed by atoms with van der Waals surface area (Å²) in [4.78, 5) is 3.97. The number of rotatable bonds is 4. The van der Waals surface area contributed by atoms with E-state index in [9.17, 15) is 8.42 Å². The van der Waals surface area contributed by atoms with Gasteiger partial charge in [0.2, 0.25) is 0 Å². The first kappa shape index (κ1) is 12.1. The predicted molar refractivity (Wildman–Crippen MR) is 60.0 cm³/mol. The van der Waals surface area contributed by atoms with Crippen LogP contribution in [0.2, 0.25) is 0 Å². The molecule has 0 radical (unpaired) electrons. The van der Waals surface area contributed by atoms with E-state index in [1.54, 1.807) is 38.2 Å². The molecule has 1 rings (SSSR count). The molecule has 4 nitrogen and oxygen atoms in total. The lowest BCUT2D eigenvalue weighted by atomic mass is 10.1. The van der Waals surface area contributed by atoms with E-state index in [0.29, 0.717) is 5.69 Å². The van der Waals surface area contributed by atoms with Crippen molar-refractivity contribution in [2.24, 2.45) is 5.73 Å². The van der Waals surface area contributed by atoms with Crippen molar-refractivity contribution < 1.29 is 8.42 Å². The van der Waals surface area contributed by atoms with E-state index in [1.165, 1.54) is 0 Å². The second-order valence-corrected chi connectivity index (χ2v) is 6.41. The minimum absolute atomic E-state index is 0.0312. The maximum Gasteiger partial charge on any atom is 0.157 e. The van der Waals surface area contributed by atoms with Gasteiger partial charge >= 0.3 is 0 Å². The van der Waals surface area contributed by atoms with Crippen LogP contribution < -0.4 is 5.73 Å². The number of nitrogens with two attached hydrogens (primary N) is 1. The van der Waals surface area contributed by atoms with E-state index in [0.717, 1.165) is 0 Å². The van der Waals surface area contributed by atoms with Gasteiger partial charge in [-0.05, 0) is 26.0 Å². The molecule has 0 aliphatic carbocycles.